The van der Waals surface area contributed by atoms with Crippen LogP contribution in [0.3, 0.4) is 0 Å². The van der Waals surface area contributed by atoms with Crippen molar-refractivity contribution < 1.29 is 0 Å². The summed E-state index contributed by atoms with van der Waals surface area (Å²) in [4.78, 5) is 0. The lowest BCUT2D eigenvalue weighted by Crippen LogP contribution is -2.53. The van der Waals surface area contributed by atoms with Gasteiger partial charge >= 0.3 is 0 Å². The maximum Gasteiger partial charge on any atom is -0.0224 e. The molecule has 8 saturated carbocycles. The van der Waals surface area contributed by atoms with Crippen molar-refractivity contribution >= 4 is 0 Å². The standard InChI is InChI=1S/C49H84/c1-9-31(10-2)37-23-38(32(11-3)12-4)28-49(27-37)47-40-20-16-15-19-39(40)41(29(5)6)26-44(47)46-45-36(25-42(30(7)8)48(46)49)22-35-21-33-17-13-14-18-34(33)24-43(35)45/h29-48H,9-28H2,1-8H3. The molecule has 8 aliphatic rings. The molecule has 0 radical (unpaired) electrons. The van der Waals surface area contributed by atoms with E-state index in [9.17, 15) is 0 Å². The number of hydrogen-bond donors (Lipinski definition) is 0. The molecule has 0 aliphatic heterocycles. The second-order valence-corrected chi connectivity index (χ2v) is 22.0. The van der Waals surface area contributed by atoms with Crippen molar-refractivity contribution in [2.45, 2.75) is 184 Å². The maximum atomic E-state index is 2.73. The van der Waals surface area contributed by atoms with E-state index in [-0.39, 0.29) is 0 Å². The maximum absolute atomic E-state index is 2.73. The van der Waals surface area contributed by atoms with Crippen LogP contribution in [0.1, 0.15) is 184 Å². The molecule has 0 N–H and O–H groups in total. The lowest BCUT2D eigenvalue weighted by atomic mass is 9.45. The molecule has 0 heterocycles. The van der Waals surface area contributed by atoms with Gasteiger partial charge in [0, 0.05) is 0 Å². The first kappa shape index (κ1) is 36.0. The molecule has 0 bridgehead atoms. The fraction of sp³-hybridized carbons (Fsp3) is 1.00. The Morgan fingerprint density at radius 1 is 0.449 bits per heavy atom. The van der Waals surface area contributed by atoms with Gasteiger partial charge in [0.15, 0.2) is 0 Å². The Hall–Kier alpha value is 0. The van der Waals surface area contributed by atoms with Gasteiger partial charge in [-0.25, -0.2) is 0 Å². The zero-order chi connectivity index (χ0) is 34.2. The zero-order valence-corrected chi connectivity index (χ0v) is 34.2. The molecule has 16 unspecified atom stereocenters. The fourth-order valence-electron chi connectivity index (χ4n) is 18.7. The second-order valence-electron chi connectivity index (χ2n) is 22.0. The van der Waals surface area contributed by atoms with Crippen molar-refractivity contribution in [3.8, 4) is 0 Å². The highest BCUT2D eigenvalue weighted by Gasteiger charge is 2.72. The van der Waals surface area contributed by atoms with Gasteiger partial charge in [-0.15, -0.1) is 0 Å². The van der Waals surface area contributed by atoms with Gasteiger partial charge in [-0.3, -0.25) is 0 Å². The molecule has 0 aromatic carbocycles. The Morgan fingerprint density at radius 2 is 1.00 bits per heavy atom. The van der Waals surface area contributed by atoms with Gasteiger partial charge in [-0.05, 0) is 188 Å². The fourth-order valence-corrected chi connectivity index (χ4v) is 18.7. The van der Waals surface area contributed by atoms with Crippen LogP contribution >= 0.6 is 0 Å². The zero-order valence-electron chi connectivity index (χ0n) is 34.2. The minimum Gasteiger partial charge on any atom is -0.0651 e. The Kier molecular flexibility index (Phi) is 10.5. The molecule has 1 spiro atoms. The Labute approximate surface area is 306 Å². The summed E-state index contributed by atoms with van der Waals surface area (Å²) in [5.41, 5.74) is 0.649. The number of fused-ring (bicyclic) bond motifs is 12. The number of rotatable bonds is 8. The van der Waals surface area contributed by atoms with Crippen molar-refractivity contribution in [3.63, 3.8) is 0 Å². The van der Waals surface area contributed by atoms with Crippen LogP contribution in [0, 0.1) is 124 Å². The highest BCUT2D eigenvalue weighted by Crippen LogP contribution is 2.78. The van der Waals surface area contributed by atoms with Crippen molar-refractivity contribution in [3.05, 3.63) is 0 Å². The van der Waals surface area contributed by atoms with Crippen molar-refractivity contribution in [1.82, 2.24) is 0 Å². The summed E-state index contributed by atoms with van der Waals surface area (Å²) in [5, 5.41) is 0. The SMILES string of the molecule is CCC(CC)C1CC(C(CC)CC)CC2(C1)C1C3CCCCC3C(C(C)C)CC1C1C3C(CC4CC5CCCCC5CC43)CC(C(C)C)C12. The summed E-state index contributed by atoms with van der Waals surface area (Å²) in [6.07, 6.45) is 31.5. The van der Waals surface area contributed by atoms with E-state index in [1.165, 1.54) is 25.7 Å². The lowest BCUT2D eigenvalue weighted by Gasteiger charge is -2.60. The third kappa shape index (κ3) is 5.83. The minimum atomic E-state index is 0.649. The monoisotopic (exact) mass is 673 g/mol. The van der Waals surface area contributed by atoms with E-state index < -0.39 is 0 Å². The van der Waals surface area contributed by atoms with Crippen LogP contribution in [0.25, 0.3) is 0 Å². The summed E-state index contributed by atoms with van der Waals surface area (Å²) in [5.74, 6) is 20.7. The summed E-state index contributed by atoms with van der Waals surface area (Å²) in [6.45, 7) is 21.1. The molecular weight excluding hydrogens is 589 g/mol. The Morgan fingerprint density at radius 3 is 1.59 bits per heavy atom. The van der Waals surface area contributed by atoms with Crippen LogP contribution < -0.4 is 0 Å². The van der Waals surface area contributed by atoms with E-state index in [0.29, 0.717) is 5.41 Å². The number of hydrogen-bond acceptors (Lipinski definition) is 0. The lowest BCUT2D eigenvalue weighted by molar-refractivity contribution is -0.111. The van der Waals surface area contributed by atoms with Gasteiger partial charge in [-0.2, -0.15) is 0 Å². The first-order valence-corrected chi connectivity index (χ1v) is 23.7. The quantitative estimate of drug-likeness (QED) is 0.241. The Balaban J connectivity index is 1.28. The molecule has 280 valence electrons. The topological polar surface area (TPSA) is 0 Å². The van der Waals surface area contributed by atoms with Crippen LogP contribution in [-0.4, -0.2) is 0 Å². The van der Waals surface area contributed by atoms with Crippen molar-refractivity contribution in [2.75, 3.05) is 0 Å². The third-order valence-electron chi connectivity index (χ3n) is 20.1. The summed E-state index contributed by atoms with van der Waals surface area (Å²) in [6, 6.07) is 0. The average Bonchev–Trinajstić information content (AvgIpc) is 3.59. The largest absolute Gasteiger partial charge is 0.0651 e. The molecule has 8 rings (SSSR count). The molecule has 0 aromatic rings. The van der Waals surface area contributed by atoms with E-state index in [1.54, 1.807) is 103 Å². The Bertz CT molecular complexity index is 1070. The molecule has 0 aromatic heterocycles. The smallest absolute Gasteiger partial charge is 0.0224 e. The molecule has 8 aliphatic carbocycles. The first-order valence-electron chi connectivity index (χ1n) is 23.7. The van der Waals surface area contributed by atoms with Crippen LogP contribution in [0.2, 0.25) is 0 Å². The molecule has 0 saturated heterocycles. The average molecular weight is 673 g/mol. The van der Waals surface area contributed by atoms with E-state index in [2.05, 4.69) is 55.4 Å². The van der Waals surface area contributed by atoms with E-state index >= 15 is 0 Å². The van der Waals surface area contributed by atoms with Gasteiger partial charge in [0.05, 0.1) is 0 Å². The van der Waals surface area contributed by atoms with Crippen LogP contribution in [0.15, 0.2) is 0 Å². The normalized spacial score (nSPS) is 50.7. The molecule has 16 atom stereocenters. The third-order valence-corrected chi connectivity index (χ3v) is 20.1. The second kappa shape index (κ2) is 14.3. The highest BCUT2D eigenvalue weighted by atomic mass is 14.8. The summed E-state index contributed by atoms with van der Waals surface area (Å²) >= 11 is 0. The van der Waals surface area contributed by atoms with Gasteiger partial charge < -0.3 is 0 Å². The van der Waals surface area contributed by atoms with E-state index in [4.69, 9.17) is 0 Å². The van der Waals surface area contributed by atoms with E-state index in [0.717, 1.165) is 118 Å². The molecule has 8 fully saturated rings. The van der Waals surface area contributed by atoms with Crippen LogP contribution in [0.4, 0.5) is 0 Å². The molecule has 0 heteroatoms. The van der Waals surface area contributed by atoms with Crippen LogP contribution in [-0.2, 0) is 0 Å². The summed E-state index contributed by atoms with van der Waals surface area (Å²) in [7, 11) is 0. The highest BCUT2D eigenvalue weighted by molar-refractivity contribution is 5.20. The molecule has 0 amide bonds. The minimum absolute atomic E-state index is 0.649. The molecule has 0 nitrogen and oxygen atoms in total. The van der Waals surface area contributed by atoms with Crippen molar-refractivity contribution in [2.24, 2.45) is 124 Å². The molecule has 49 heavy (non-hydrogen) atoms. The van der Waals surface area contributed by atoms with Crippen molar-refractivity contribution in [1.29, 1.82) is 0 Å². The van der Waals surface area contributed by atoms with Gasteiger partial charge in [0.2, 0.25) is 0 Å². The summed E-state index contributed by atoms with van der Waals surface area (Å²) < 4.78 is 0. The van der Waals surface area contributed by atoms with Gasteiger partial charge in [0.25, 0.3) is 0 Å². The van der Waals surface area contributed by atoms with Crippen LogP contribution in [0.5, 0.6) is 0 Å². The molecular formula is C49H84. The van der Waals surface area contributed by atoms with Gasteiger partial charge in [-0.1, -0.05) is 120 Å². The first-order chi connectivity index (χ1) is 23.7. The predicted octanol–water partition coefficient (Wildman–Crippen LogP) is 14.4. The van der Waals surface area contributed by atoms with E-state index in [1.807, 2.05) is 0 Å². The van der Waals surface area contributed by atoms with Gasteiger partial charge in [0.1, 0.15) is 0 Å². The predicted molar refractivity (Wildman–Crippen MR) is 210 cm³/mol.